The first-order chi connectivity index (χ1) is 14.6. The Kier molecular flexibility index (Phi) is 8.75. The summed E-state index contributed by atoms with van der Waals surface area (Å²) in [7, 11) is 0. The third-order valence-electron chi connectivity index (χ3n) is 6.05. The molecular weight excluding hydrogens is 381 g/mol. The average molecular weight is 420 g/mol. The van der Waals surface area contributed by atoms with Crippen molar-refractivity contribution < 1.29 is 9.50 Å². The minimum Gasteiger partial charge on any atom is -0.393 e. The van der Waals surface area contributed by atoms with Crippen LogP contribution in [0.2, 0.25) is 0 Å². The Hall–Kier alpha value is -1.86. The molecule has 0 amide bonds. The molecule has 2 fully saturated rings. The van der Waals surface area contributed by atoms with E-state index in [1.807, 2.05) is 17.0 Å². The van der Waals surface area contributed by atoms with Crippen LogP contribution in [0.1, 0.15) is 51.5 Å². The van der Waals surface area contributed by atoms with Gasteiger partial charge in [-0.15, -0.1) is 0 Å². The number of hydrogen-bond donors (Lipinski definition) is 3. The Bertz CT molecular complexity index is 682. The second kappa shape index (κ2) is 11.5. The van der Waals surface area contributed by atoms with Crippen molar-refractivity contribution in [1.82, 2.24) is 15.5 Å². The molecule has 0 saturated carbocycles. The van der Waals surface area contributed by atoms with E-state index in [1.165, 1.54) is 13.0 Å². The van der Waals surface area contributed by atoms with Gasteiger partial charge in [0.1, 0.15) is 5.82 Å². The second-order valence-electron chi connectivity index (χ2n) is 8.46. The fraction of sp³-hybridized carbons (Fsp3) is 0.696. The van der Waals surface area contributed by atoms with Crippen molar-refractivity contribution >= 4 is 11.6 Å². The van der Waals surface area contributed by atoms with Gasteiger partial charge in [-0.25, -0.2) is 9.38 Å². The number of aliphatic hydroxyl groups is 1. The van der Waals surface area contributed by atoms with Crippen LogP contribution >= 0.6 is 0 Å². The number of halogens is 1. The van der Waals surface area contributed by atoms with E-state index in [-0.39, 0.29) is 11.9 Å². The maximum absolute atomic E-state index is 14.7. The number of likely N-dealkylation sites (tertiary alicyclic amines) is 1. The lowest BCUT2D eigenvalue weighted by atomic mass is 10.1. The van der Waals surface area contributed by atoms with Gasteiger partial charge < -0.3 is 25.5 Å². The van der Waals surface area contributed by atoms with Gasteiger partial charge in [-0.1, -0.05) is 13.0 Å². The molecule has 0 atom stereocenters. The predicted octanol–water partition coefficient (Wildman–Crippen LogP) is 2.72. The zero-order valence-electron chi connectivity index (χ0n) is 18.5. The summed E-state index contributed by atoms with van der Waals surface area (Å²) >= 11 is 0. The number of rotatable bonds is 7. The fourth-order valence-corrected chi connectivity index (χ4v) is 4.31. The average Bonchev–Trinajstić information content (AvgIpc) is 2.75. The minimum atomic E-state index is -0.256. The number of aliphatic imine (C=N–C) groups is 1. The van der Waals surface area contributed by atoms with Crippen LogP contribution in [0.15, 0.2) is 23.2 Å². The molecule has 168 valence electrons. The highest BCUT2D eigenvalue weighted by Gasteiger charge is 2.21. The monoisotopic (exact) mass is 419 g/mol. The Labute approximate surface area is 180 Å². The molecule has 0 unspecified atom stereocenters. The van der Waals surface area contributed by atoms with Crippen LogP contribution in [0.5, 0.6) is 0 Å². The summed E-state index contributed by atoms with van der Waals surface area (Å²) in [5.74, 6) is 0.598. The largest absolute Gasteiger partial charge is 0.393 e. The maximum Gasteiger partial charge on any atom is 0.191 e. The lowest BCUT2D eigenvalue weighted by Crippen LogP contribution is -2.48. The Morgan fingerprint density at radius 2 is 1.87 bits per heavy atom. The molecule has 0 radical (unpaired) electrons. The molecule has 0 aromatic heterocycles. The van der Waals surface area contributed by atoms with Gasteiger partial charge in [0.25, 0.3) is 0 Å². The third kappa shape index (κ3) is 6.57. The zero-order valence-corrected chi connectivity index (χ0v) is 18.5. The lowest BCUT2D eigenvalue weighted by molar-refractivity contribution is 0.145. The molecule has 3 rings (SSSR count). The molecule has 2 aliphatic rings. The van der Waals surface area contributed by atoms with E-state index in [1.54, 1.807) is 6.07 Å². The fourth-order valence-electron chi connectivity index (χ4n) is 4.31. The van der Waals surface area contributed by atoms with Gasteiger partial charge >= 0.3 is 0 Å². The van der Waals surface area contributed by atoms with E-state index < -0.39 is 0 Å². The lowest BCUT2D eigenvalue weighted by Gasteiger charge is -2.32. The number of guanidine groups is 1. The van der Waals surface area contributed by atoms with Crippen molar-refractivity contribution in [2.24, 2.45) is 4.99 Å². The molecule has 30 heavy (non-hydrogen) atoms. The van der Waals surface area contributed by atoms with Gasteiger partial charge in [-0.2, -0.15) is 0 Å². The third-order valence-corrected chi connectivity index (χ3v) is 6.05. The zero-order chi connectivity index (χ0) is 21.3. The van der Waals surface area contributed by atoms with Crippen LogP contribution in [-0.2, 0) is 6.54 Å². The molecule has 2 heterocycles. The molecule has 2 aliphatic heterocycles. The van der Waals surface area contributed by atoms with Gasteiger partial charge in [-0.05, 0) is 63.3 Å². The molecule has 0 aliphatic carbocycles. The summed E-state index contributed by atoms with van der Waals surface area (Å²) in [5, 5.41) is 16.5. The van der Waals surface area contributed by atoms with Crippen LogP contribution in [-0.4, -0.2) is 67.4 Å². The SMILES string of the molecule is CCCN1CCC(NC(=NCc2ccc(N3CCC(O)CC3)c(F)c2)NCC)CC1. The number of aliphatic hydroxyl groups excluding tert-OH is 1. The highest BCUT2D eigenvalue weighted by molar-refractivity contribution is 5.80. The normalized spacial score (nSPS) is 19.9. The number of piperidine rings is 2. The Morgan fingerprint density at radius 1 is 1.13 bits per heavy atom. The summed E-state index contributed by atoms with van der Waals surface area (Å²) in [6.45, 7) is 10.4. The van der Waals surface area contributed by atoms with Crippen molar-refractivity contribution in [3.8, 4) is 0 Å². The number of hydrogen-bond acceptors (Lipinski definition) is 4. The van der Waals surface area contributed by atoms with Gasteiger partial charge in [0.15, 0.2) is 5.96 Å². The molecular formula is C23H38FN5O. The standard InChI is InChI=1S/C23H38FN5O/c1-3-11-28-12-7-19(8-13-28)27-23(25-4-2)26-17-18-5-6-22(21(24)16-18)29-14-9-20(30)10-15-29/h5-6,16,19-20,30H,3-4,7-15,17H2,1-2H3,(H2,25,26,27). The van der Waals surface area contributed by atoms with Crippen LogP contribution in [0.25, 0.3) is 0 Å². The van der Waals surface area contributed by atoms with E-state index in [0.29, 0.717) is 44.2 Å². The van der Waals surface area contributed by atoms with Gasteiger partial charge in [0.05, 0.1) is 18.3 Å². The molecule has 1 aromatic carbocycles. The summed E-state index contributed by atoms with van der Waals surface area (Å²) in [6, 6.07) is 5.84. The van der Waals surface area contributed by atoms with Gasteiger partial charge in [-0.3, -0.25) is 0 Å². The van der Waals surface area contributed by atoms with E-state index in [9.17, 15) is 9.50 Å². The topological polar surface area (TPSA) is 63.1 Å². The van der Waals surface area contributed by atoms with E-state index in [4.69, 9.17) is 4.99 Å². The quantitative estimate of drug-likeness (QED) is 0.469. The molecule has 0 bridgehead atoms. The summed E-state index contributed by atoms with van der Waals surface area (Å²) in [5.41, 5.74) is 1.49. The first-order valence-corrected chi connectivity index (χ1v) is 11.6. The molecule has 6 nitrogen and oxygen atoms in total. The number of nitrogens with zero attached hydrogens (tertiary/aromatic N) is 3. The summed E-state index contributed by atoms with van der Waals surface area (Å²) in [4.78, 5) is 9.24. The summed E-state index contributed by atoms with van der Waals surface area (Å²) < 4.78 is 14.7. The van der Waals surface area contributed by atoms with Crippen molar-refractivity contribution in [3.05, 3.63) is 29.6 Å². The molecule has 3 N–H and O–H groups in total. The van der Waals surface area contributed by atoms with E-state index in [2.05, 4.69) is 29.4 Å². The van der Waals surface area contributed by atoms with Crippen molar-refractivity contribution in [3.63, 3.8) is 0 Å². The van der Waals surface area contributed by atoms with Crippen molar-refractivity contribution in [2.75, 3.05) is 44.2 Å². The Morgan fingerprint density at radius 3 is 2.50 bits per heavy atom. The Balaban J connectivity index is 1.56. The predicted molar refractivity (Wildman–Crippen MR) is 122 cm³/mol. The molecule has 2 saturated heterocycles. The van der Waals surface area contributed by atoms with Crippen LogP contribution in [0.4, 0.5) is 10.1 Å². The highest BCUT2D eigenvalue weighted by atomic mass is 19.1. The number of nitrogens with one attached hydrogen (secondary N) is 2. The van der Waals surface area contributed by atoms with Crippen LogP contribution in [0, 0.1) is 5.82 Å². The van der Waals surface area contributed by atoms with Crippen molar-refractivity contribution in [1.29, 1.82) is 0 Å². The van der Waals surface area contributed by atoms with E-state index in [0.717, 1.165) is 44.0 Å². The van der Waals surface area contributed by atoms with Crippen LogP contribution in [0.3, 0.4) is 0 Å². The second-order valence-corrected chi connectivity index (χ2v) is 8.46. The van der Waals surface area contributed by atoms with E-state index >= 15 is 0 Å². The molecule has 0 spiro atoms. The van der Waals surface area contributed by atoms with Gasteiger partial charge in [0.2, 0.25) is 0 Å². The smallest absolute Gasteiger partial charge is 0.191 e. The first kappa shape index (κ1) is 22.8. The molecule has 1 aromatic rings. The first-order valence-electron chi connectivity index (χ1n) is 11.6. The summed E-state index contributed by atoms with van der Waals surface area (Å²) in [6.07, 6.45) is 4.59. The molecule has 7 heteroatoms. The number of benzene rings is 1. The maximum atomic E-state index is 14.7. The van der Waals surface area contributed by atoms with Crippen LogP contribution < -0.4 is 15.5 Å². The van der Waals surface area contributed by atoms with Crippen molar-refractivity contribution in [2.45, 2.75) is 64.6 Å². The highest BCUT2D eigenvalue weighted by Crippen LogP contribution is 2.24. The minimum absolute atomic E-state index is 0.208. The van der Waals surface area contributed by atoms with Gasteiger partial charge in [0, 0.05) is 38.8 Å². The number of anilines is 1.